The van der Waals surface area contributed by atoms with Gasteiger partial charge in [-0.1, -0.05) is 48.5 Å². The molecule has 4 aromatic rings. The summed E-state index contributed by atoms with van der Waals surface area (Å²) in [5.41, 5.74) is -5.90. The quantitative estimate of drug-likeness (QED) is 0.0642. The van der Waals surface area contributed by atoms with Gasteiger partial charge >= 0.3 is 124 Å². The fourth-order valence-electron chi connectivity index (χ4n) is 18.6. The molecule has 11 fully saturated rings. The van der Waals surface area contributed by atoms with Crippen molar-refractivity contribution in [2.45, 2.75) is 127 Å². The van der Waals surface area contributed by atoms with Gasteiger partial charge in [0.15, 0.2) is 47.3 Å². The summed E-state index contributed by atoms with van der Waals surface area (Å²) in [6, 6.07) is 7.33. The summed E-state index contributed by atoms with van der Waals surface area (Å²) in [6.45, 7) is 0.311. The summed E-state index contributed by atoms with van der Waals surface area (Å²) >= 11 is 0. The zero-order valence-corrected chi connectivity index (χ0v) is 66.2. The molecule has 0 unspecified atom stereocenters. The summed E-state index contributed by atoms with van der Waals surface area (Å²) in [4.78, 5) is 148. The van der Waals surface area contributed by atoms with Crippen LogP contribution in [0.4, 0.5) is 38.4 Å². The molecule has 17 rings (SSSR count). The van der Waals surface area contributed by atoms with E-state index in [1.54, 1.807) is 76.2 Å². The van der Waals surface area contributed by atoms with E-state index in [4.69, 9.17) is 18.9 Å². The van der Waals surface area contributed by atoms with E-state index in [-0.39, 0.29) is 199 Å². The van der Waals surface area contributed by atoms with Crippen molar-refractivity contribution in [2.24, 2.45) is 0 Å². The van der Waals surface area contributed by atoms with Gasteiger partial charge in [0.05, 0.1) is 93.1 Å². The van der Waals surface area contributed by atoms with Gasteiger partial charge in [0, 0.05) is 66.8 Å². The van der Waals surface area contributed by atoms with Crippen LogP contribution >= 0.6 is 0 Å². The molecule has 13 aliphatic heterocycles. The molecule has 0 N–H and O–H groups in total. The molecule has 40 nitrogen and oxygen atoms in total. The first-order valence-corrected chi connectivity index (χ1v) is 40.3. The van der Waals surface area contributed by atoms with Gasteiger partial charge in [-0.15, -0.1) is 0 Å². The van der Waals surface area contributed by atoms with E-state index in [1.165, 1.54) is 78.4 Å². The van der Waals surface area contributed by atoms with E-state index in [1.807, 2.05) is 0 Å². The summed E-state index contributed by atoms with van der Waals surface area (Å²) in [5.74, 6) is -2.58. The Morgan fingerprint density at radius 2 is 0.500 bits per heavy atom. The van der Waals surface area contributed by atoms with Crippen molar-refractivity contribution in [1.82, 2.24) is 78.4 Å². The van der Waals surface area contributed by atoms with E-state index >= 15 is 38.4 Å². The first kappa shape index (κ1) is 76.3. The Balaban J connectivity index is 0.00000465. The predicted molar refractivity (Wildman–Crippen MR) is 363 cm³/mol. The molecule has 0 saturated carbocycles. The number of fused-ring (bicyclic) bond motifs is 4. The number of benzene rings is 4. The van der Waals surface area contributed by atoms with Crippen LogP contribution in [0.3, 0.4) is 0 Å². The number of amides is 16. The maximum atomic E-state index is 15.9. The Morgan fingerprint density at radius 3 is 0.694 bits per heavy atom. The first-order chi connectivity index (χ1) is 49.9. The van der Waals surface area contributed by atoms with Crippen molar-refractivity contribution >= 4 is 186 Å². The summed E-state index contributed by atoms with van der Waals surface area (Å²) in [6.07, 6.45) is -6.29. The second-order valence-electron chi connectivity index (χ2n) is 28.8. The molecule has 0 bridgehead atoms. The molecule has 13 heterocycles. The SMILES string of the molecule is CC12N3Cc4c(c(OCCCS(=O)(=O)[O-])c5ccccc5c4OCCCS(=O)(=O)[O-])CN1C(=O)N1CN4C(=O)N5CN6C(=O)N7CN8C(=O)N9Cc%10c(c(OCCCS(=O)(=O)[O-])c%11ccccc%11c%10OCCCS(=O)(=O)[O-])CN%10C(=O)N(CN%11C(=O)N(CN%12C(=O)N(CN(C3=O)C12C)C4C%125)C6C%117)C8(C)C%109C.[Ca+2].[Ca+2]. The third-order valence-corrected chi connectivity index (χ3v) is 26.9. The molecule has 0 aliphatic carbocycles. The largest absolute Gasteiger partial charge is 2.00 e. The van der Waals surface area contributed by atoms with E-state index < -0.39 is 199 Å². The normalized spacial score (nSPS) is 27.9. The molecule has 0 spiro atoms. The summed E-state index contributed by atoms with van der Waals surface area (Å²) in [7, 11) is -18.7. The minimum Gasteiger partial charge on any atom is -0.748 e. The van der Waals surface area contributed by atoms with Crippen LogP contribution in [0.1, 0.15) is 75.6 Å². The van der Waals surface area contributed by atoms with Crippen molar-refractivity contribution in [3.05, 3.63) is 70.8 Å². The number of carbonyl (C=O) groups excluding carboxylic acids is 8. The predicted octanol–water partition coefficient (Wildman–Crippen LogP) is 0.0710. The van der Waals surface area contributed by atoms with E-state index in [2.05, 4.69) is 0 Å². The molecule has 4 aromatic carbocycles. The molecule has 108 heavy (non-hydrogen) atoms. The van der Waals surface area contributed by atoms with Gasteiger partial charge in [-0.05, 0) is 53.4 Å². The monoisotopic (exact) mass is 1630 g/mol. The van der Waals surface area contributed by atoms with Crippen LogP contribution in [0.25, 0.3) is 21.5 Å². The smallest absolute Gasteiger partial charge is 0.748 e. The number of ether oxygens (including phenoxy) is 4. The topological polar surface area (TPSA) is 454 Å². The second-order valence-corrected chi connectivity index (χ2v) is 34.9. The molecule has 0 aromatic heterocycles. The summed E-state index contributed by atoms with van der Waals surface area (Å²) < 4.78 is 167. The number of rotatable bonds is 20. The molecule has 0 radical (unpaired) electrons. The van der Waals surface area contributed by atoms with Crippen LogP contribution in [0, 0.1) is 0 Å². The van der Waals surface area contributed by atoms with Gasteiger partial charge in [0.1, 0.15) is 63.0 Å². The zero-order valence-electron chi connectivity index (χ0n) is 58.5. The molecule has 568 valence electrons. The van der Waals surface area contributed by atoms with Crippen molar-refractivity contribution in [3.8, 4) is 23.0 Å². The Kier molecular flexibility index (Phi) is 18.2. The molecule has 13 aliphatic rings. The van der Waals surface area contributed by atoms with Crippen LogP contribution < -0.4 is 18.9 Å². The van der Waals surface area contributed by atoms with Gasteiger partial charge in [0.2, 0.25) is 0 Å². The number of carbonyl (C=O) groups is 8. The van der Waals surface area contributed by atoms with Crippen molar-refractivity contribution in [3.63, 3.8) is 0 Å². The number of hydrogen-bond donors (Lipinski definition) is 0. The molecule has 11 saturated heterocycles. The summed E-state index contributed by atoms with van der Waals surface area (Å²) in [5, 5.41) is 1.53. The number of urea groups is 8. The Hall–Kier alpha value is -7.08. The maximum Gasteiger partial charge on any atom is 2.00 e. The number of nitrogens with zero attached hydrogens (tertiary/aromatic N) is 16. The maximum absolute atomic E-state index is 15.9. The van der Waals surface area contributed by atoms with Crippen LogP contribution in [0.5, 0.6) is 23.0 Å². The Bertz CT molecular complexity index is 4550. The molecular weight excluding hydrogens is 1560 g/mol. The average molecular weight is 1630 g/mol. The van der Waals surface area contributed by atoms with E-state index in [9.17, 15) is 51.9 Å². The molecular formula is C62H68Ca2N16O24S4. The molecule has 0 atom stereocenters. The van der Waals surface area contributed by atoms with Crippen molar-refractivity contribution in [2.75, 3.05) is 89.5 Å². The van der Waals surface area contributed by atoms with E-state index in [0.29, 0.717) is 21.5 Å². The van der Waals surface area contributed by atoms with Crippen molar-refractivity contribution < 1.29 is 109 Å². The fourth-order valence-corrected chi connectivity index (χ4v) is 20.4. The van der Waals surface area contributed by atoms with Gasteiger partial charge in [-0.25, -0.2) is 72.0 Å². The minimum absolute atomic E-state index is 0. The molecule has 16 amide bonds. The van der Waals surface area contributed by atoms with Gasteiger partial charge in [-0.2, -0.15) is 0 Å². The second kappa shape index (κ2) is 25.7. The number of hydrogen-bond acceptors (Lipinski definition) is 24. The van der Waals surface area contributed by atoms with Gasteiger partial charge in [0.25, 0.3) is 0 Å². The van der Waals surface area contributed by atoms with E-state index in [0.717, 1.165) is 0 Å². The first-order valence-electron chi connectivity index (χ1n) is 34.0. The van der Waals surface area contributed by atoms with Gasteiger partial charge in [-0.3, -0.25) is 78.4 Å². The Labute approximate surface area is 677 Å². The van der Waals surface area contributed by atoms with Crippen LogP contribution in [-0.2, 0) is 66.7 Å². The zero-order chi connectivity index (χ0) is 75.1. The van der Waals surface area contributed by atoms with Crippen LogP contribution in [0.15, 0.2) is 48.5 Å². The van der Waals surface area contributed by atoms with Crippen LogP contribution in [0.2, 0.25) is 0 Å². The third kappa shape index (κ3) is 10.8. The average Bonchev–Trinajstić information content (AvgIpc) is 1.49. The fraction of sp³-hybridized carbons (Fsp3) is 0.548. The van der Waals surface area contributed by atoms with Gasteiger partial charge < -0.3 is 37.2 Å². The standard InChI is InChI=1S/C62H72N16O24S4.2Ca/c1-59-61(3)75-31-67-49-47-63(51(67)79)29-65-48-50-69(53(65)81)33-77-57(85)73-27-41-42(46(102-20-12-24-106(96,97)98)38-16-8-7-15-37(38)45(41)101-19-11-23-105(93,94)95)28-74-58(86)78(62(77,4)60(73,74)2)34-70(50)54(82)66(48)30-64(47)52(80)68(49)32-76(61)56(84)72(59)26-40-39(25-71(59)55(75)83)43(99-17-9-21-103(87,88)89)35-13-5-6-14-36(35)44(40)100-18-10-22-104(90,91)92;;/h5-8,13-16,47-50H,9-12,17-34H2,1-4H3,(H,87,88,89)(H,90,91,92)(H,93,94,95)(H,96,97,98);;/q;2*+2/p-4. The Morgan fingerprint density at radius 1 is 0.315 bits per heavy atom. The van der Waals surface area contributed by atoms with Crippen molar-refractivity contribution in [1.29, 1.82) is 0 Å². The molecule has 46 heteroatoms. The third-order valence-electron chi connectivity index (χ3n) is 23.7. The van der Waals surface area contributed by atoms with Crippen LogP contribution in [-0.4, -0.2) is 391 Å². The minimum atomic E-state index is -4.69.